The number of aromatic nitrogens is 2. The molecule has 1 saturated heterocycles. The van der Waals surface area contributed by atoms with Crippen LogP contribution in [0.2, 0.25) is 0 Å². The van der Waals surface area contributed by atoms with E-state index in [1.807, 2.05) is 0 Å². The maximum atomic E-state index is 13.2. The topological polar surface area (TPSA) is 186 Å². The third-order valence-corrected chi connectivity index (χ3v) is 9.29. The maximum absolute atomic E-state index is 13.2. The smallest absolute Gasteiger partial charge is 0.266 e. The summed E-state index contributed by atoms with van der Waals surface area (Å²) in [5, 5.41) is 8.21. The van der Waals surface area contributed by atoms with Crippen molar-refractivity contribution in [2.24, 2.45) is 5.92 Å². The summed E-state index contributed by atoms with van der Waals surface area (Å²) < 4.78 is 11.8. The van der Waals surface area contributed by atoms with Gasteiger partial charge in [-0.25, -0.2) is 9.97 Å². The largest absolute Gasteiger partial charge is 0.493 e. The van der Waals surface area contributed by atoms with E-state index in [2.05, 4.69) is 25.9 Å². The maximum Gasteiger partial charge on any atom is 0.266 e. The predicted octanol–water partition coefficient (Wildman–Crippen LogP) is 3.33. The minimum absolute atomic E-state index is 0.0461. The van der Waals surface area contributed by atoms with Crippen molar-refractivity contribution in [1.82, 2.24) is 25.5 Å². The van der Waals surface area contributed by atoms with Gasteiger partial charge in [0, 0.05) is 31.1 Å². The number of hydrogen-bond acceptors (Lipinski definition) is 11. The molecule has 15 heteroatoms. The molecule has 6 rings (SSSR count). The summed E-state index contributed by atoms with van der Waals surface area (Å²) in [6.45, 7) is 0.647. The Bertz CT molecular complexity index is 1790. The van der Waals surface area contributed by atoms with Gasteiger partial charge in [-0.15, -0.1) is 11.3 Å². The molecule has 2 aromatic heterocycles. The molecule has 0 radical (unpaired) electrons. The number of carbonyl (C=O) groups is 6. The number of piperidine rings is 1. The second-order valence-corrected chi connectivity index (χ2v) is 12.7. The fourth-order valence-corrected chi connectivity index (χ4v) is 6.46. The quantitative estimate of drug-likeness (QED) is 0.169. The first-order valence-electron chi connectivity index (χ1n) is 15.9. The van der Waals surface area contributed by atoms with Gasteiger partial charge in [-0.05, 0) is 69.2 Å². The van der Waals surface area contributed by atoms with Crippen LogP contribution in [0.5, 0.6) is 11.6 Å². The zero-order valence-corrected chi connectivity index (χ0v) is 27.0. The first-order chi connectivity index (χ1) is 23.2. The van der Waals surface area contributed by atoms with Crippen LogP contribution in [0.4, 0.5) is 5.82 Å². The van der Waals surface area contributed by atoms with E-state index in [4.69, 9.17) is 9.47 Å². The van der Waals surface area contributed by atoms with E-state index in [0.717, 1.165) is 30.6 Å². The minimum atomic E-state index is -1.04. The molecule has 1 atom stereocenters. The lowest BCUT2D eigenvalue weighted by atomic mass is 10.0. The lowest BCUT2D eigenvalue weighted by molar-refractivity contribution is -0.136. The van der Waals surface area contributed by atoms with Gasteiger partial charge in [0.15, 0.2) is 4.88 Å². The van der Waals surface area contributed by atoms with Crippen molar-refractivity contribution in [3.05, 3.63) is 52.5 Å². The summed E-state index contributed by atoms with van der Waals surface area (Å²) in [7, 11) is 1.54. The van der Waals surface area contributed by atoms with Crippen molar-refractivity contribution >= 4 is 52.6 Å². The lowest BCUT2D eigenvalue weighted by Crippen LogP contribution is -2.54. The fourth-order valence-electron chi connectivity index (χ4n) is 5.50. The van der Waals surface area contributed by atoms with Crippen LogP contribution in [0.3, 0.4) is 0 Å². The Morgan fingerprint density at radius 3 is 2.50 bits per heavy atom. The predicted molar refractivity (Wildman–Crippen MR) is 173 cm³/mol. The van der Waals surface area contributed by atoms with Crippen molar-refractivity contribution in [2.45, 2.75) is 57.4 Å². The number of benzene rings is 1. The molecule has 1 saturated carbocycles. The van der Waals surface area contributed by atoms with Gasteiger partial charge >= 0.3 is 0 Å². The van der Waals surface area contributed by atoms with Crippen molar-refractivity contribution < 1.29 is 38.2 Å². The Morgan fingerprint density at radius 1 is 1.00 bits per heavy atom. The molecule has 1 aliphatic carbocycles. The SMILES string of the molecule is CNC(=O)c1sc(-c2ccnc(NC(=O)C3CC3)c2)nc1OCCCCCCOc1cccc2c1C(=O)N(C1CCC(=O)NC1=O)C2=O. The summed E-state index contributed by atoms with van der Waals surface area (Å²) >= 11 is 1.19. The molecule has 4 heterocycles. The standard InChI is InChI=1S/C33H34N6O8S/c1-34-29(43)26-30(38-31(48-26)19-13-14-35-23(17-19)36-27(41)18-9-10-18)47-16-5-3-2-4-15-46-22-8-6-7-20-25(22)33(45)39(32(20)44)21-11-12-24(40)37-28(21)42/h6-8,13-14,17-18,21H,2-5,9-12,15-16H2,1H3,(H,34,43)(H,35,36,41)(H,37,40,42). The Hall–Kier alpha value is -5.18. The molecule has 2 aliphatic heterocycles. The number of carbonyl (C=O) groups excluding carboxylic acids is 6. The van der Waals surface area contributed by atoms with Crippen molar-refractivity contribution in [3.63, 3.8) is 0 Å². The van der Waals surface area contributed by atoms with Crippen LogP contribution in [0.25, 0.3) is 10.6 Å². The van der Waals surface area contributed by atoms with Gasteiger partial charge in [0.05, 0.1) is 24.3 Å². The summed E-state index contributed by atoms with van der Waals surface area (Å²) in [6.07, 6.45) is 6.46. The van der Waals surface area contributed by atoms with Gasteiger partial charge in [0.25, 0.3) is 17.7 Å². The zero-order chi connectivity index (χ0) is 33.8. The number of fused-ring (bicyclic) bond motifs is 1. The normalized spacial score (nSPS) is 17.2. The van der Waals surface area contributed by atoms with Crippen molar-refractivity contribution in [2.75, 3.05) is 25.6 Å². The molecule has 1 unspecified atom stereocenters. The lowest BCUT2D eigenvalue weighted by Gasteiger charge is -2.27. The molecule has 0 spiro atoms. The number of imide groups is 2. The summed E-state index contributed by atoms with van der Waals surface area (Å²) in [6, 6.07) is 7.22. The Morgan fingerprint density at radius 2 is 1.77 bits per heavy atom. The van der Waals surface area contributed by atoms with Crippen molar-refractivity contribution in [1.29, 1.82) is 0 Å². The number of ether oxygens (including phenoxy) is 2. The number of rotatable bonds is 14. The number of pyridine rings is 1. The molecule has 14 nitrogen and oxygen atoms in total. The van der Waals surface area contributed by atoms with E-state index < -0.39 is 29.7 Å². The van der Waals surface area contributed by atoms with Crippen LogP contribution in [0.1, 0.15) is 81.8 Å². The molecule has 3 N–H and O–H groups in total. The van der Waals surface area contributed by atoms with E-state index in [1.165, 1.54) is 24.5 Å². The number of nitrogens with one attached hydrogen (secondary N) is 3. The van der Waals surface area contributed by atoms with E-state index in [1.54, 1.807) is 30.5 Å². The highest BCUT2D eigenvalue weighted by atomic mass is 32.1. The first-order valence-corrected chi connectivity index (χ1v) is 16.7. The highest BCUT2D eigenvalue weighted by Gasteiger charge is 2.46. The van der Waals surface area contributed by atoms with E-state index in [9.17, 15) is 28.8 Å². The van der Waals surface area contributed by atoms with Gasteiger partial charge in [0.1, 0.15) is 22.6 Å². The number of nitrogens with zero attached hydrogens (tertiary/aromatic N) is 3. The molecule has 250 valence electrons. The number of anilines is 1. The van der Waals surface area contributed by atoms with Crippen molar-refractivity contribution in [3.8, 4) is 22.2 Å². The number of hydrogen-bond donors (Lipinski definition) is 3. The first kappa shape index (κ1) is 32.7. The Kier molecular flexibility index (Phi) is 9.75. The minimum Gasteiger partial charge on any atom is -0.493 e. The van der Waals surface area contributed by atoms with E-state index in [0.29, 0.717) is 47.3 Å². The Labute approximate surface area is 279 Å². The van der Waals surface area contributed by atoms with Gasteiger partial charge in [-0.1, -0.05) is 6.07 Å². The molecule has 6 amide bonds. The third kappa shape index (κ3) is 7.05. The zero-order valence-electron chi connectivity index (χ0n) is 26.2. The summed E-state index contributed by atoms with van der Waals surface area (Å²) in [5.41, 5.74) is 1.01. The molecule has 3 aromatic rings. The van der Waals surface area contributed by atoms with Gasteiger partial charge < -0.3 is 20.1 Å². The second-order valence-electron chi connectivity index (χ2n) is 11.7. The Balaban J connectivity index is 0.977. The monoisotopic (exact) mass is 674 g/mol. The van der Waals surface area contributed by atoms with Gasteiger partial charge in [-0.3, -0.25) is 39.0 Å². The van der Waals surface area contributed by atoms with E-state index >= 15 is 0 Å². The van der Waals surface area contributed by atoms with Crippen LogP contribution in [0, 0.1) is 5.92 Å². The third-order valence-electron chi connectivity index (χ3n) is 8.20. The molecule has 2 fully saturated rings. The second kappa shape index (κ2) is 14.3. The van der Waals surface area contributed by atoms with Crippen LogP contribution >= 0.6 is 11.3 Å². The van der Waals surface area contributed by atoms with E-state index in [-0.39, 0.29) is 53.3 Å². The molecular weight excluding hydrogens is 640 g/mol. The number of amides is 6. The van der Waals surface area contributed by atoms with Crippen LogP contribution in [0.15, 0.2) is 36.5 Å². The number of unbranched alkanes of at least 4 members (excludes halogenated alkanes) is 3. The molecule has 1 aromatic carbocycles. The fraction of sp³-hybridized carbons (Fsp3) is 0.394. The van der Waals surface area contributed by atoms with Gasteiger partial charge in [0.2, 0.25) is 23.6 Å². The molecule has 3 aliphatic rings. The average Bonchev–Trinajstić information content (AvgIpc) is 3.80. The molecular formula is C33H34N6O8S. The summed E-state index contributed by atoms with van der Waals surface area (Å²) in [5.74, 6) is -1.65. The van der Waals surface area contributed by atoms with Crippen LogP contribution < -0.4 is 25.4 Å². The highest BCUT2D eigenvalue weighted by Crippen LogP contribution is 2.35. The summed E-state index contributed by atoms with van der Waals surface area (Å²) in [4.78, 5) is 84.9. The van der Waals surface area contributed by atoms with Crippen LogP contribution in [-0.4, -0.2) is 76.6 Å². The molecule has 48 heavy (non-hydrogen) atoms. The molecule has 0 bridgehead atoms. The number of thiazole rings is 1. The average molecular weight is 675 g/mol. The van der Waals surface area contributed by atoms with Crippen LogP contribution in [-0.2, 0) is 14.4 Å². The highest BCUT2D eigenvalue weighted by molar-refractivity contribution is 7.17. The van der Waals surface area contributed by atoms with Gasteiger partial charge in [-0.2, -0.15) is 0 Å².